The third kappa shape index (κ3) is 4.43. The Morgan fingerprint density at radius 1 is 0.679 bits per heavy atom. The smallest absolute Gasteiger partial charge is 0.423 e. The highest BCUT2D eigenvalue weighted by Gasteiger charge is 2.25. The second-order valence-electron chi connectivity index (χ2n) is 5.14. The molecule has 2 aromatic rings. The van der Waals surface area contributed by atoms with Crippen LogP contribution in [0.5, 0.6) is 11.5 Å². The van der Waals surface area contributed by atoms with E-state index in [-0.39, 0.29) is 11.1 Å². The van der Waals surface area contributed by atoms with Crippen LogP contribution in [0.25, 0.3) is 0 Å². The van der Waals surface area contributed by atoms with Crippen molar-refractivity contribution in [1.29, 1.82) is 0 Å². The largest absolute Gasteiger partial charge is 0.478 e. The van der Waals surface area contributed by atoms with Crippen molar-refractivity contribution < 1.29 is 48.5 Å². The summed E-state index contributed by atoms with van der Waals surface area (Å²) in [5, 5.41) is 18.2. The number of carbonyl (C=O) groups excluding carboxylic acids is 4. The second kappa shape index (κ2) is 8.36. The molecule has 0 atom stereocenters. The summed E-state index contributed by atoms with van der Waals surface area (Å²) in [6, 6.07) is 6.19. The van der Waals surface area contributed by atoms with E-state index in [0.717, 1.165) is 36.4 Å². The number of aromatic carboxylic acids is 2. The Hall–Kier alpha value is -4.34. The number of ether oxygens (including phenoxy) is 2. The normalized spacial score (nSPS) is 9.86. The zero-order chi connectivity index (χ0) is 20.8. The fourth-order valence-corrected chi connectivity index (χ4v) is 2.04. The minimum Gasteiger partial charge on any atom is -0.478 e. The third-order valence-electron chi connectivity index (χ3n) is 3.31. The van der Waals surface area contributed by atoms with Gasteiger partial charge in [-0.15, -0.1) is 0 Å². The number of hydrogen-bond acceptors (Lipinski definition) is 8. The van der Waals surface area contributed by atoms with Crippen molar-refractivity contribution in [2.45, 2.75) is 0 Å². The number of carboxylic acid groups (broad SMARTS) is 2. The zero-order valence-corrected chi connectivity index (χ0v) is 13.8. The number of benzene rings is 2. The first-order chi connectivity index (χ1) is 13.3. The number of aldehydes is 2. The molecule has 0 unspecified atom stereocenters. The van der Waals surface area contributed by atoms with Gasteiger partial charge in [0.05, 0.1) is 0 Å². The van der Waals surface area contributed by atoms with Crippen LogP contribution in [0.15, 0.2) is 36.4 Å². The minimum absolute atomic E-state index is 0.00106. The van der Waals surface area contributed by atoms with Crippen LogP contribution in [-0.2, 0) is 9.59 Å². The van der Waals surface area contributed by atoms with Gasteiger partial charge in [0.1, 0.15) is 35.2 Å². The fraction of sp³-hybridized carbons (Fsp3) is 0. The van der Waals surface area contributed by atoms with Gasteiger partial charge in [-0.2, -0.15) is 0 Å². The number of hydrogen-bond donors (Lipinski definition) is 2. The van der Waals surface area contributed by atoms with Gasteiger partial charge < -0.3 is 19.7 Å². The summed E-state index contributed by atoms with van der Waals surface area (Å²) in [4.78, 5) is 67.6. The van der Waals surface area contributed by atoms with Gasteiger partial charge in [0, 0.05) is 11.1 Å². The van der Waals surface area contributed by atoms with E-state index in [1.54, 1.807) is 0 Å². The van der Waals surface area contributed by atoms with Crippen LogP contribution in [0.4, 0.5) is 0 Å². The maximum absolute atomic E-state index is 11.9. The molecule has 28 heavy (non-hydrogen) atoms. The first-order valence-corrected chi connectivity index (χ1v) is 7.36. The molecule has 2 aromatic carbocycles. The number of rotatable bonds is 6. The van der Waals surface area contributed by atoms with Gasteiger partial charge in [0.25, 0.3) is 0 Å². The average molecular weight is 386 g/mol. The lowest BCUT2D eigenvalue weighted by Crippen LogP contribution is -2.26. The second-order valence-corrected chi connectivity index (χ2v) is 5.14. The highest BCUT2D eigenvalue weighted by molar-refractivity contribution is 6.31. The van der Waals surface area contributed by atoms with Crippen molar-refractivity contribution in [1.82, 2.24) is 0 Å². The molecule has 0 fully saturated rings. The van der Waals surface area contributed by atoms with Crippen LogP contribution < -0.4 is 9.47 Å². The van der Waals surface area contributed by atoms with Gasteiger partial charge in [-0.3, -0.25) is 9.59 Å². The molecule has 0 aromatic heterocycles. The molecular formula is C18H10O10. The van der Waals surface area contributed by atoms with Crippen LogP contribution >= 0.6 is 0 Å². The van der Waals surface area contributed by atoms with E-state index in [1.807, 2.05) is 0 Å². The van der Waals surface area contributed by atoms with Crippen LogP contribution in [-0.4, -0.2) is 46.7 Å². The molecule has 2 rings (SSSR count). The lowest BCUT2D eigenvalue weighted by Gasteiger charge is -2.09. The molecule has 0 aliphatic heterocycles. The number of esters is 2. The van der Waals surface area contributed by atoms with E-state index in [9.17, 15) is 28.8 Å². The average Bonchev–Trinajstić information content (AvgIpc) is 2.68. The molecule has 0 spiro atoms. The molecule has 0 radical (unpaired) electrons. The van der Waals surface area contributed by atoms with E-state index >= 15 is 0 Å². The quantitative estimate of drug-likeness (QED) is 0.319. The Kier molecular flexibility index (Phi) is 5.96. The summed E-state index contributed by atoms with van der Waals surface area (Å²) in [7, 11) is 0. The molecule has 0 aliphatic carbocycles. The van der Waals surface area contributed by atoms with Gasteiger partial charge in [-0.1, -0.05) is 0 Å². The van der Waals surface area contributed by atoms with Crippen LogP contribution in [0.1, 0.15) is 41.4 Å². The Morgan fingerprint density at radius 2 is 1.04 bits per heavy atom. The monoisotopic (exact) mass is 386 g/mol. The lowest BCUT2D eigenvalue weighted by molar-refractivity contribution is -0.156. The van der Waals surface area contributed by atoms with Gasteiger partial charge in [-0.05, 0) is 36.4 Å². The van der Waals surface area contributed by atoms with Crippen molar-refractivity contribution in [3.63, 3.8) is 0 Å². The van der Waals surface area contributed by atoms with Gasteiger partial charge >= 0.3 is 23.9 Å². The third-order valence-corrected chi connectivity index (χ3v) is 3.31. The van der Waals surface area contributed by atoms with Crippen LogP contribution in [0.2, 0.25) is 0 Å². The molecule has 0 amide bonds. The maximum atomic E-state index is 11.9. The standard InChI is InChI=1S/C18H10O10/c19-7-9-1-3-13(11(5-9)15(21)22)27-17(25)18(26)28-14-4-2-10(8-20)6-12(14)16(23)24/h1-8H,(H,21,22)(H,23,24). The van der Waals surface area contributed by atoms with Gasteiger partial charge in [-0.25, -0.2) is 19.2 Å². The molecule has 0 saturated carbocycles. The van der Waals surface area contributed by atoms with Gasteiger partial charge in [0.15, 0.2) is 0 Å². The summed E-state index contributed by atoms with van der Waals surface area (Å²) in [5.41, 5.74) is -1.10. The van der Waals surface area contributed by atoms with Crippen molar-refractivity contribution in [3.05, 3.63) is 58.7 Å². The molecule has 0 aliphatic rings. The molecule has 142 valence electrons. The number of carbonyl (C=O) groups is 6. The van der Waals surface area contributed by atoms with E-state index < -0.39 is 46.5 Å². The van der Waals surface area contributed by atoms with E-state index in [2.05, 4.69) is 9.47 Å². The SMILES string of the molecule is O=Cc1ccc(OC(=O)C(=O)Oc2ccc(C=O)cc2C(=O)O)c(C(=O)O)c1. The summed E-state index contributed by atoms with van der Waals surface area (Å²) in [5.74, 6) is -7.33. The van der Waals surface area contributed by atoms with Gasteiger partial charge in [0.2, 0.25) is 0 Å². The summed E-state index contributed by atoms with van der Waals surface area (Å²) >= 11 is 0. The minimum atomic E-state index is -1.63. The van der Waals surface area contributed by atoms with Crippen molar-refractivity contribution in [3.8, 4) is 11.5 Å². The molecule has 10 heteroatoms. The van der Waals surface area contributed by atoms with E-state index in [4.69, 9.17) is 10.2 Å². The molecule has 0 bridgehead atoms. The lowest BCUT2D eigenvalue weighted by atomic mass is 10.1. The highest BCUT2D eigenvalue weighted by Crippen LogP contribution is 2.22. The predicted molar refractivity (Wildman–Crippen MR) is 88.8 cm³/mol. The first-order valence-electron chi connectivity index (χ1n) is 7.36. The Balaban J connectivity index is 2.24. The van der Waals surface area contributed by atoms with E-state index in [1.165, 1.54) is 0 Å². The molecular weight excluding hydrogens is 376 g/mol. The Morgan fingerprint density at radius 3 is 1.32 bits per heavy atom. The summed E-state index contributed by atoms with van der Waals surface area (Å²) in [6.07, 6.45) is 0.755. The molecule has 10 nitrogen and oxygen atoms in total. The molecule has 2 N–H and O–H groups in total. The van der Waals surface area contributed by atoms with Crippen molar-refractivity contribution in [2.75, 3.05) is 0 Å². The highest BCUT2D eigenvalue weighted by atomic mass is 16.6. The van der Waals surface area contributed by atoms with Crippen molar-refractivity contribution >= 4 is 36.4 Å². The zero-order valence-electron chi connectivity index (χ0n) is 13.8. The fourth-order valence-electron chi connectivity index (χ4n) is 2.04. The summed E-state index contributed by atoms with van der Waals surface area (Å²) in [6.45, 7) is 0. The Bertz CT molecular complexity index is 924. The summed E-state index contributed by atoms with van der Waals surface area (Å²) < 4.78 is 9.34. The first kappa shape index (κ1) is 20.0. The molecule has 0 heterocycles. The predicted octanol–water partition coefficient (Wildman–Crippen LogP) is 1.22. The Labute approximate surface area is 155 Å². The van der Waals surface area contributed by atoms with E-state index in [0.29, 0.717) is 12.6 Å². The van der Waals surface area contributed by atoms with Crippen LogP contribution in [0, 0.1) is 0 Å². The molecule has 0 saturated heterocycles. The topological polar surface area (TPSA) is 161 Å². The van der Waals surface area contributed by atoms with Crippen LogP contribution in [0.3, 0.4) is 0 Å². The van der Waals surface area contributed by atoms with Crippen molar-refractivity contribution in [2.24, 2.45) is 0 Å². The number of carboxylic acids is 2. The maximum Gasteiger partial charge on any atom is 0.423 e.